The van der Waals surface area contributed by atoms with Crippen LogP contribution in [0.4, 0.5) is 0 Å². The summed E-state index contributed by atoms with van der Waals surface area (Å²) in [7, 11) is 1.65. The second kappa shape index (κ2) is 5.89. The number of ether oxygens (including phenoxy) is 1. The molecule has 0 radical (unpaired) electrons. The SMILES string of the molecule is C/C=C(/C(=O)Cl)C1=C(COC)CCC=C1. The molecule has 3 heteroatoms. The molecule has 0 saturated carbocycles. The van der Waals surface area contributed by atoms with Gasteiger partial charge < -0.3 is 4.74 Å². The summed E-state index contributed by atoms with van der Waals surface area (Å²) in [6, 6.07) is 0. The second-order valence-corrected chi connectivity index (χ2v) is 3.71. The van der Waals surface area contributed by atoms with Gasteiger partial charge in [0.2, 0.25) is 0 Å². The molecule has 0 spiro atoms. The van der Waals surface area contributed by atoms with Crippen molar-refractivity contribution < 1.29 is 9.53 Å². The highest BCUT2D eigenvalue weighted by Gasteiger charge is 2.15. The molecule has 15 heavy (non-hydrogen) atoms. The Morgan fingerprint density at radius 3 is 2.93 bits per heavy atom. The molecule has 0 aliphatic heterocycles. The zero-order valence-electron chi connectivity index (χ0n) is 9.05. The van der Waals surface area contributed by atoms with E-state index in [1.165, 1.54) is 0 Å². The first-order chi connectivity index (χ1) is 7.20. The van der Waals surface area contributed by atoms with E-state index in [1.54, 1.807) is 13.2 Å². The van der Waals surface area contributed by atoms with Crippen LogP contribution in [0.2, 0.25) is 0 Å². The van der Waals surface area contributed by atoms with Gasteiger partial charge in [-0.3, -0.25) is 4.79 Å². The fourth-order valence-electron chi connectivity index (χ4n) is 1.69. The third-order valence-corrected chi connectivity index (χ3v) is 2.59. The molecule has 0 bridgehead atoms. The van der Waals surface area contributed by atoms with Crippen LogP contribution in [0.3, 0.4) is 0 Å². The molecule has 0 atom stereocenters. The van der Waals surface area contributed by atoms with Gasteiger partial charge in [0.25, 0.3) is 5.24 Å². The first-order valence-electron chi connectivity index (χ1n) is 4.94. The monoisotopic (exact) mass is 226 g/mol. The van der Waals surface area contributed by atoms with Gasteiger partial charge in [0.05, 0.1) is 6.61 Å². The van der Waals surface area contributed by atoms with Crippen molar-refractivity contribution in [3.8, 4) is 0 Å². The number of carbonyl (C=O) groups is 1. The van der Waals surface area contributed by atoms with Crippen LogP contribution in [-0.2, 0) is 9.53 Å². The van der Waals surface area contributed by atoms with Crippen molar-refractivity contribution in [2.45, 2.75) is 19.8 Å². The minimum absolute atomic E-state index is 0.410. The number of rotatable bonds is 4. The highest BCUT2D eigenvalue weighted by molar-refractivity contribution is 6.68. The summed E-state index contributed by atoms with van der Waals surface area (Å²) in [5.41, 5.74) is 2.63. The van der Waals surface area contributed by atoms with E-state index in [4.69, 9.17) is 16.3 Å². The first-order valence-corrected chi connectivity index (χ1v) is 5.32. The molecule has 0 fully saturated rings. The third kappa shape index (κ3) is 3.05. The van der Waals surface area contributed by atoms with Gasteiger partial charge in [0.1, 0.15) is 0 Å². The maximum atomic E-state index is 11.2. The molecular formula is C12H15ClO2. The van der Waals surface area contributed by atoms with Crippen LogP contribution in [-0.4, -0.2) is 19.0 Å². The Morgan fingerprint density at radius 2 is 2.40 bits per heavy atom. The Morgan fingerprint density at radius 1 is 1.67 bits per heavy atom. The average molecular weight is 227 g/mol. The molecule has 1 aliphatic carbocycles. The number of methoxy groups -OCH3 is 1. The van der Waals surface area contributed by atoms with Gasteiger partial charge in [-0.05, 0) is 42.5 Å². The molecule has 0 aromatic carbocycles. The van der Waals surface area contributed by atoms with Gasteiger partial charge in [-0.1, -0.05) is 18.2 Å². The lowest BCUT2D eigenvalue weighted by Gasteiger charge is -2.16. The van der Waals surface area contributed by atoms with Crippen LogP contribution in [0.15, 0.2) is 34.9 Å². The molecule has 82 valence electrons. The molecule has 0 aromatic rings. The van der Waals surface area contributed by atoms with Crippen molar-refractivity contribution in [3.05, 3.63) is 34.9 Å². The molecular weight excluding hydrogens is 212 g/mol. The lowest BCUT2D eigenvalue weighted by molar-refractivity contribution is -0.108. The standard InChI is InChI=1S/C12H15ClO2/c1-3-10(12(13)14)11-7-5-4-6-9(11)8-15-2/h3,5,7H,4,6,8H2,1-2H3/b10-3+. The summed E-state index contributed by atoms with van der Waals surface area (Å²) in [6.45, 7) is 2.37. The van der Waals surface area contributed by atoms with Crippen molar-refractivity contribution in [2.75, 3.05) is 13.7 Å². The van der Waals surface area contributed by atoms with Crippen LogP contribution in [0.1, 0.15) is 19.8 Å². The number of hydrogen-bond acceptors (Lipinski definition) is 2. The second-order valence-electron chi connectivity index (χ2n) is 3.37. The van der Waals surface area contributed by atoms with Crippen molar-refractivity contribution >= 4 is 16.8 Å². The van der Waals surface area contributed by atoms with Gasteiger partial charge in [-0.2, -0.15) is 0 Å². The predicted octanol–water partition coefficient (Wildman–Crippen LogP) is 2.99. The van der Waals surface area contributed by atoms with Crippen molar-refractivity contribution in [2.24, 2.45) is 0 Å². The molecule has 0 unspecified atom stereocenters. The number of hydrogen-bond donors (Lipinski definition) is 0. The van der Waals surface area contributed by atoms with Crippen LogP contribution in [0.25, 0.3) is 0 Å². The average Bonchev–Trinajstić information content (AvgIpc) is 2.21. The molecule has 0 aromatic heterocycles. The first kappa shape index (κ1) is 12.2. The van der Waals surface area contributed by atoms with E-state index < -0.39 is 5.24 Å². The molecule has 0 saturated heterocycles. The maximum absolute atomic E-state index is 11.2. The van der Waals surface area contributed by atoms with Crippen molar-refractivity contribution in [3.63, 3.8) is 0 Å². The van der Waals surface area contributed by atoms with E-state index in [1.807, 2.05) is 13.0 Å². The van der Waals surface area contributed by atoms with Crippen molar-refractivity contribution in [1.29, 1.82) is 0 Å². The number of allylic oxidation sites excluding steroid dienone is 5. The normalized spacial score (nSPS) is 17.1. The highest BCUT2D eigenvalue weighted by Crippen LogP contribution is 2.26. The molecule has 2 nitrogen and oxygen atoms in total. The van der Waals surface area contributed by atoms with Crippen LogP contribution >= 0.6 is 11.6 Å². The minimum Gasteiger partial charge on any atom is -0.380 e. The van der Waals surface area contributed by atoms with Gasteiger partial charge in [-0.15, -0.1) is 0 Å². The van der Waals surface area contributed by atoms with E-state index in [0.717, 1.165) is 24.0 Å². The minimum atomic E-state index is -0.410. The van der Waals surface area contributed by atoms with E-state index in [2.05, 4.69) is 6.08 Å². The van der Waals surface area contributed by atoms with Crippen molar-refractivity contribution in [1.82, 2.24) is 0 Å². The lowest BCUT2D eigenvalue weighted by Crippen LogP contribution is -2.06. The fourth-order valence-corrected chi connectivity index (χ4v) is 1.90. The number of halogens is 1. The summed E-state index contributed by atoms with van der Waals surface area (Å²) in [5.74, 6) is 0. The zero-order chi connectivity index (χ0) is 11.3. The largest absolute Gasteiger partial charge is 0.380 e. The van der Waals surface area contributed by atoms with E-state index in [9.17, 15) is 4.79 Å². The summed E-state index contributed by atoms with van der Waals surface area (Å²) in [6.07, 6.45) is 7.68. The third-order valence-electron chi connectivity index (χ3n) is 2.39. The van der Waals surface area contributed by atoms with E-state index >= 15 is 0 Å². The fraction of sp³-hybridized carbons (Fsp3) is 0.417. The van der Waals surface area contributed by atoms with Crippen LogP contribution < -0.4 is 0 Å². The zero-order valence-corrected chi connectivity index (χ0v) is 9.80. The van der Waals surface area contributed by atoms with Gasteiger partial charge in [0.15, 0.2) is 0 Å². The Kier molecular flexibility index (Phi) is 4.79. The Hall–Kier alpha value is -0.860. The molecule has 0 N–H and O–H groups in total. The predicted molar refractivity (Wildman–Crippen MR) is 61.9 cm³/mol. The van der Waals surface area contributed by atoms with Gasteiger partial charge >= 0.3 is 0 Å². The topological polar surface area (TPSA) is 26.3 Å². The van der Waals surface area contributed by atoms with E-state index in [-0.39, 0.29) is 0 Å². The number of carbonyl (C=O) groups excluding carboxylic acids is 1. The Balaban J connectivity index is 3.06. The van der Waals surface area contributed by atoms with Crippen LogP contribution in [0, 0.1) is 0 Å². The summed E-state index contributed by atoms with van der Waals surface area (Å²) in [4.78, 5) is 11.2. The molecule has 1 aliphatic rings. The summed E-state index contributed by atoms with van der Waals surface area (Å²) >= 11 is 5.53. The lowest BCUT2D eigenvalue weighted by atomic mass is 9.93. The van der Waals surface area contributed by atoms with Gasteiger partial charge in [0, 0.05) is 12.7 Å². The Bertz CT molecular complexity index is 338. The quantitative estimate of drug-likeness (QED) is 0.544. The summed E-state index contributed by atoms with van der Waals surface area (Å²) < 4.78 is 5.11. The highest BCUT2D eigenvalue weighted by atomic mass is 35.5. The molecule has 0 heterocycles. The summed E-state index contributed by atoms with van der Waals surface area (Å²) in [5, 5.41) is -0.410. The molecule has 0 amide bonds. The van der Waals surface area contributed by atoms with E-state index in [0.29, 0.717) is 12.2 Å². The van der Waals surface area contributed by atoms with Crippen LogP contribution in [0.5, 0.6) is 0 Å². The molecule has 1 rings (SSSR count). The van der Waals surface area contributed by atoms with Gasteiger partial charge in [-0.25, -0.2) is 0 Å². The smallest absolute Gasteiger partial charge is 0.252 e. The maximum Gasteiger partial charge on any atom is 0.252 e. The Labute approximate surface area is 95.3 Å².